The van der Waals surface area contributed by atoms with Gasteiger partial charge >= 0.3 is 5.97 Å². The van der Waals surface area contributed by atoms with E-state index < -0.39 is 5.97 Å². The molecule has 10 heavy (non-hydrogen) atoms. The van der Waals surface area contributed by atoms with Crippen molar-refractivity contribution in [2.24, 2.45) is 0 Å². The van der Waals surface area contributed by atoms with Crippen molar-refractivity contribution in [3.8, 4) is 0 Å². The molecule has 1 aromatic rings. The fourth-order valence-corrected chi connectivity index (χ4v) is 0.800. The number of rotatable bonds is 2. The number of halogens is 1. The minimum Gasteiger partial charge on any atom is -0.477 e. The number of carboxylic acid groups (broad SMARTS) is 1. The summed E-state index contributed by atoms with van der Waals surface area (Å²) in [6, 6.07) is 0. The van der Waals surface area contributed by atoms with Gasteiger partial charge in [-0.3, -0.25) is 5.10 Å². The van der Waals surface area contributed by atoms with Gasteiger partial charge in [-0.2, -0.15) is 5.10 Å². The number of hydrogen-bond acceptors (Lipinski definition) is 2. The molecule has 0 radical (unpaired) electrons. The molecule has 1 aromatic heterocycles. The molecule has 0 atom stereocenters. The highest BCUT2D eigenvalue weighted by Crippen LogP contribution is 2.06. The lowest BCUT2D eigenvalue weighted by molar-refractivity contribution is 0.0689. The molecule has 1 rings (SSSR count). The molecule has 0 aliphatic rings. The number of aromatic carboxylic acids is 1. The van der Waals surface area contributed by atoms with Crippen molar-refractivity contribution in [3.05, 3.63) is 17.5 Å². The number of aromatic nitrogens is 2. The first-order valence-electron chi connectivity index (χ1n) is 2.57. The van der Waals surface area contributed by atoms with E-state index in [-0.39, 0.29) is 11.6 Å². The van der Waals surface area contributed by atoms with Crippen LogP contribution in [0.5, 0.6) is 0 Å². The zero-order valence-electron chi connectivity index (χ0n) is 4.97. The third kappa shape index (κ3) is 1.11. The van der Waals surface area contributed by atoms with Crippen LogP contribution in [0.1, 0.15) is 16.1 Å². The van der Waals surface area contributed by atoms with Crippen LogP contribution >= 0.6 is 11.6 Å². The third-order valence-corrected chi connectivity index (χ3v) is 1.36. The van der Waals surface area contributed by atoms with Crippen molar-refractivity contribution in [2.45, 2.75) is 5.88 Å². The van der Waals surface area contributed by atoms with Crippen LogP contribution in [0.2, 0.25) is 0 Å². The Hall–Kier alpha value is -1.03. The average molecular weight is 161 g/mol. The summed E-state index contributed by atoms with van der Waals surface area (Å²) in [5.41, 5.74) is 0.573. The van der Waals surface area contributed by atoms with Gasteiger partial charge in [0, 0.05) is 5.56 Å². The van der Waals surface area contributed by atoms with Gasteiger partial charge in [-0.05, 0) is 0 Å². The van der Waals surface area contributed by atoms with Crippen LogP contribution in [0.3, 0.4) is 0 Å². The molecule has 0 saturated heterocycles. The van der Waals surface area contributed by atoms with Gasteiger partial charge in [0.25, 0.3) is 0 Å². The van der Waals surface area contributed by atoms with Crippen LogP contribution < -0.4 is 0 Å². The third-order valence-electron chi connectivity index (χ3n) is 1.08. The predicted molar refractivity (Wildman–Crippen MR) is 35.1 cm³/mol. The summed E-state index contributed by atoms with van der Waals surface area (Å²) in [6.07, 6.45) is 1.40. The summed E-state index contributed by atoms with van der Waals surface area (Å²) < 4.78 is 0. The van der Waals surface area contributed by atoms with Gasteiger partial charge in [0.05, 0.1) is 12.1 Å². The Balaban J connectivity index is 3.01. The average Bonchev–Trinajstić information content (AvgIpc) is 2.33. The first-order valence-corrected chi connectivity index (χ1v) is 3.10. The van der Waals surface area contributed by atoms with Gasteiger partial charge in [0.2, 0.25) is 0 Å². The second-order valence-electron chi connectivity index (χ2n) is 1.71. The molecule has 4 nitrogen and oxygen atoms in total. The lowest BCUT2D eigenvalue weighted by atomic mass is 10.3. The fourth-order valence-electron chi connectivity index (χ4n) is 0.598. The lowest BCUT2D eigenvalue weighted by Gasteiger charge is -1.89. The highest BCUT2D eigenvalue weighted by atomic mass is 35.5. The summed E-state index contributed by atoms with van der Waals surface area (Å²) in [5, 5.41) is 14.3. The number of aromatic amines is 1. The number of carbonyl (C=O) groups is 1. The molecular formula is C5H5ClN2O2. The SMILES string of the molecule is O=C(O)c1[nH]ncc1CCl. The summed E-state index contributed by atoms with van der Waals surface area (Å²) in [5.74, 6) is -0.869. The number of H-pyrrole nitrogens is 1. The number of nitrogens with one attached hydrogen (secondary N) is 1. The number of alkyl halides is 1. The van der Waals surface area contributed by atoms with E-state index >= 15 is 0 Å². The Morgan fingerprint density at radius 3 is 3.00 bits per heavy atom. The van der Waals surface area contributed by atoms with E-state index in [1.807, 2.05) is 0 Å². The van der Waals surface area contributed by atoms with Crippen molar-refractivity contribution in [1.82, 2.24) is 10.2 Å². The van der Waals surface area contributed by atoms with Crippen LogP contribution in [-0.2, 0) is 5.88 Å². The van der Waals surface area contributed by atoms with Crippen molar-refractivity contribution < 1.29 is 9.90 Å². The Morgan fingerprint density at radius 1 is 1.90 bits per heavy atom. The standard InChI is InChI=1S/C5H5ClN2O2/c6-1-3-2-7-8-4(3)5(9)10/h2H,1H2,(H,7,8)(H,9,10). The molecule has 0 spiro atoms. The molecule has 0 aliphatic carbocycles. The van der Waals surface area contributed by atoms with E-state index in [0.717, 1.165) is 0 Å². The monoisotopic (exact) mass is 160 g/mol. The van der Waals surface area contributed by atoms with E-state index in [4.69, 9.17) is 16.7 Å². The summed E-state index contributed by atoms with van der Waals surface area (Å²) in [6.45, 7) is 0. The Bertz CT molecular complexity index is 246. The minimum absolute atomic E-state index is 0.0648. The smallest absolute Gasteiger partial charge is 0.354 e. The Kier molecular flexibility index (Phi) is 1.91. The number of hydrogen-bond donors (Lipinski definition) is 2. The maximum absolute atomic E-state index is 10.3. The van der Waals surface area contributed by atoms with Gasteiger partial charge in [0.15, 0.2) is 0 Å². The van der Waals surface area contributed by atoms with Crippen LogP contribution in [0.25, 0.3) is 0 Å². The van der Waals surface area contributed by atoms with Crippen LogP contribution in [-0.4, -0.2) is 21.3 Å². The molecule has 2 N–H and O–H groups in total. The minimum atomic E-state index is -1.03. The molecule has 54 valence electrons. The van der Waals surface area contributed by atoms with Crippen LogP contribution in [0, 0.1) is 0 Å². The van der Waals surface area contributed by atoms with E-state index in [1.54, 1.807) is 0 Å². The van der Waals surface area contributed by atoms with E-state index in [0.29, 0.717) is 5.56 Å². The normalized spacial score (nSPS) is 9.70. The van der Waals surface area contributed by atoms with Gasteiger partial charge < -0.3 is 5.11 Å². The summed E-state index contributed by atoms with van der Waals surface area (Å²) >= 11 is 5.39. The predicted octanol–water partition coefficient (Wildman–Crippen LogP) is 0.847. The molecule has 0 bridgehead atoms. The largest absolute Gasteiger partial charge is 0.477 e. The molecule has 0 aromatic carbocycles. The topological polar surface area (TPSA) is 66.0 Å². The van der Waals surface area contributed by atoms with Gasteiger partial charge in [0.1, 0.15) is 5.69 Å². The van der Waals surface area contributed by atoms with Gasteiger partial charge in [-0.25, -0.2) is 4.79 Å². The Labute approximate surface area is 61.8 Å². The van der Waals surface area contributed by atoms with Crippen LogP contribution in [0.4, 0.5) is 0 Å². The zero-order valence-corrected chi connectivity index (χ0v) is 5.72. The molecule has 1 heterocycles. The molecule has 0 saturated carbocycles. The van der Waals surface area contributed by atoms with E-state index in [2.05, 4.69) is 10.2 Å². The van der Waals surface area contributed by atoms with Crippen molar-refractivity contribution >= 4 is 17.6 Å². The molecule has 0 fully saturated rings. The van der Waals surface area contributed by atoms with E-state index in [1.165, 1.54) is 6.20 Å². The number of carboxylic acids is 1. The summed E-state index contributed by atoms with van der Waals surface area (Å²) in [7, 11) is 0. The van der Waals surface area contributed by atoms with Crippen molar-refractivity contribution in [1.29, 1.82) is 0 Å². The second kappa shape index (κ2) is 2.70. The first-order chi connectivity index (χ1) is 4.75. The fraction of sp³-hybridized carbons (Fsp3) is 0.200. The molecular weight excluding hydrogens is 156 g/mol. The molecule has 0 unspecified atom stereocenters. The maximum atomic E-state index is 10.3. The van der Waals surface area contributed by atoms with Crippen molar-refractivity contribution in [2.75, 3.05) is 0 Å². The number of nitrogens with zero attached hydrogens (tertiary/aromatic N) is 1. The van der Waals surface area contributed by atoms with Crippen LogP contribution in [0.15, 0.2) is 6.20 Å². The molecule has 0 amide bonds. The molecule has 5 heteroatoms. The van der Waals surface area contributed by atoms with Gasteiger partial charge in [-0.15, -0.1) is 11.6 Å². The first kappa shape index (κ1) is 7.08. The lowest BCUT2D eigenvalue weighted by Crippen LogP contribution is -1.99. The highest BCUT2D eigenvalue weighted by molar-refractivity contribution is 6.17. The molecule has 0 aliphatic heterocycles. The highest BCUT2D eigenvalue weighted by Gasteiger charge is 2.09. The summed E-state index contributed by atoms with van der Waals surface area (Å²) in [4.78, 5) is 10.3. The zero-order chi connectivity index (χ0) is 7.56. The quantitative estimate of drug-likeness (QED) is 0.631. The van der Waals surface area contributed by atoms with Gasteiger partial charge in [-0.1, -0.05) is 0 Å². The van der Waals surface area contributed by atoms with Crippen molar-refractivity contribution in [3.63, 3.8) is 0 Å². The second-order valence-corrected chi connectivity index (χ2v) is 1.98. The Morgan fingerprint density at radius 2 is 2.60 bits per heavy atom. The van der Waals surface area contributed by atoms with E-state index in [9.17, 15) is 4.79 Å². The maximum Gasteiger partial charge on any atom is 0.354 e.